The number of nitrogens with zero attached hydrogens (tertiary/aromatic N) is 1. The molecule has 2 N–H and O–H groups in total. The molecule has 1 amide bonds. The van der Waals surface area contributed by atoms with Gasteiger partial charge in [0.05, 0.1) is 5.56 Å². The Morgan fingerprint density at radius 1 is 1.47 bits per heavy atom. The maximum Gasteiger partial charge on any atom is 0.255 e. The third-order valence-electron chi connectivity index (χ3n) is 3.67. The van der Waals surface area contributed by atoms with E-state index in [0.717, 1.165) is 28.3 Å². The van der Waals surface area contributed by atoms with Crippen molar-refractivity contribution >= 4 is 37.8 Å². The number of hydrogen-bond acceptors (Lipinski definition) is 2. The molecule has 0 radical (unpaired) electrons. The number of hydrogen-bond donors (Lipinski definition) is 1. The fourth-order valence-corrected chi connectivity index (χ4v) is 3.78. The molecule has 0 spiro atoms. The van der Waals surface area contributed by atoms with Crippen molar-refractivity contribution < 1.29 is 4.79 Å². The molecule has 0 aromatic heterocycles. The molecule has 0 saturated carbocycles. The zero-order chi connectivity index (χ0) is 14.0. The number of halogens is 2. The molecule has 1 saturated heterocycles. The van der Waals surface area contributed by atoms with Crippen molar-refractivity contribution in [3.8, 4) is 0 Å². The van der Waals surface area contributed by atoms with Crippen LogP contribution in [0.5, 0.6) is 0 Å². The lowest BCUT2D eigenvalue weighted by Crippen LogP contribution is -2.49. The van der Waals surface area contributed by atoms with E-state index in [1.54, 1.807) is 0 Å². The average Bonchev–Trinajstić information content (AvgIpc) is 2.37. The Kier molecular flexibility index (Phi) is 5.03. The molecule has 2 atom stereocenters. The molecular formula is C14H18Br2N2O. The Labute approximate surface area is 130 Å². The van der Waals surface area contributed by atoms with Gasteiger partial charge in [-0.25, -0.2) is 0 Å². The summed E-state index contributed by atoms with van der Waals surface area (Å²) in [7, 11) is 0. The van der Waals surface area contributed by atoms with E-state index in [4.69, 9.17) is 5.73 Å². The summed E-state index contributed by atoms with van der Waals surface area (Å²) in [5.74, 6) is 0.715. The average molecular weight is 390 g/mol. The summed E-state index contributed by atoms with van der Waals surface area (Å²) >= 11 is 6.86. The van der Waals surface area contributed by atoms with Gasteiger partial charge >= 0.3 is 0 Å². The molecule has 104 valence electrons. The lowest BCUT2D eigenvalue weighted by Gasteiger charge is -2.38. The van der Waals surface area contributed by atoms with Crippen LogP contribution in [0.25, 0.3) is 0 Å². The fraction of sp³-hybridized carbons (Fsp3) is 0.500. The molecule has 1 aromatic rings. The lowest BCUT2D eigenvalue weighted by atomic mass is 9.92. The van der Waals surface area contributed by atoms with E-state index in [-0.39, 0.29) is 11.9 Å². The van der Waals surface area contributed by atoms with Gasteiger partial charge < -0.3 is 10.6 Å². The van der Waals surface area contributed by atoms with Crippen LogP contribution in [0.4, 0.5) is 0 Å². The molecule has 1 fully saturated rings. The second-order valence-electron chi connectivity index (χ2n) is 5.14. The summed E-state index contributed by atoms with van der Waals surface area (Å²) in [6.07, 6.45) is 2.05. The molecule has 2 unspecified atom stereocenters. The van der Waals surface area contributed by atoms with Gasteiger partial charge in [0.1, 0.15) is 0 Å². The highest BCUT2D eigenvalue weighted by atomic mass is 79.9. The number of rotatable bonds is 2. The SMILES string of the molecule is CC1CCN(C(=O)c2ccc(Br)cc2Br)C(CN)C1. The van der Waals surface area contributed by atoms with Crippen LogP contribution in [0, 0.1) is 5.92 Å². The molecule has 1 heterocycles. The maximum absolute atomic E-state index is 12.6. The van der Waals surface area contributed by atoms with Crippen molar-refractivity contribution in [2.75, 3.05) is 13.1 Å². The van der Waals surface area contributed by atoms with Gasteiger partial charge in [-0.15, -0.1) is 0 Å². The molecular weight excluding hydrogens is 372 g/mol. The Morgan fingerprint density at radius 3 is 2.84 bits per heavy atom. The van der Waals surface area contributed by atoms with Gasteiger partial charge in [-0.2, -0.15) is 0 Å². The number of carbonyl (C=O) groups excluding carboxylic acids is 1. The minimum atomic E-state index is 0.0710. The minimum Gasteiger partial charge on any atom is -0.334 e. The predicted molar refractivity (Wildman–Crippen MR) is 84.1 cm³/mol. The van der Waals surface area contributed by atoms with Gasteiger partial charge in [0.15, 0.2) is 0 Å². The Hall–Kier alpha value is -0.390. The highest BCUT2D eigenvalue weighted by molar-refractivity contribution is 9.11. The van der Waals surface area contributed by atoms with Crippen molar-refractivity contribution in [1.29, 1.82) is 0 Å². The van der Waals surface area contributed by atoms with Gasteiger partial charge in [-0.1, -0.05) is 22.9 Å². The van der Waals surface area contributed by atoms with Crippen LogP contribution in [0.3, 0.4) is 0 Å². The molecule has 1 aliphatic rings. The highest BCUT2D eigenvalue weighted by Gasteiger charge is 2.30. The molecule has 5 heteroatoms. The molecule has 0 bridgehead atoms. The van der Waals surface area contributed by atoms with E-state index in [9.17, 15) is 4.79 Å². The number of nitrogens with two attached hydrogens (primary N) is 1. The molecule has 19 heavy (non-hydrogen) atoms. The van der Waals surface area contributed by atoms with Crippen LogP contribution < -0.4 is 5.73 Å². The van der Waals surface area contributed by atoms with E-state index < -0.39 is 0 Å². The summed E-state index contributed by atoms with van der Waals surface area (Å²) in [4.78, 5) is 14.6. The quantitative estimate of drug-likeness (QED) is 0.842. The van der Waals surface area contributed by atoms with Crippen molar-refractivity contribution in [2.24, 2.45) is 11.7 Å². The number of piperidine rings is 1. The number of carbonyl (C=O) groups is 1. The van der Waals surface area contributed by atoms with E-state index in [1.165, 1.54) is 0 Å². The van der Waals surface area contributed by atoms with E-state index in [0.29, 0.717) is 18.0 Å². The molecule has 2 rings (SSSR count). The van der Waals surface area contributed by atoms with Crippen molar-refractivity contribution in [3.05, 3.63) is 32.7 Å². The summed E-state index contributed by atoms with van der Waals surface area (Å²) in [5, 5.41) is 0. The van der Waals surface area contributed by atoms with E-state index in [1.807, 2.05) is 23.1 Å². The zero-order valence-electron chi connectivity index (χ0n) is 10.9. The van der Waals surface area contributed by atoms with Gasteiger partial charge in [0.2, 0.25) is 0 Å². The first-order valence-electron chi connectivity index (χ1n) is 6.49. The Balaban J connectivity index is 2.22. The van der Waals surface area contributed by atoms with Gasteiger partial charge in [-0.3, -0.25) is 4.79 Å². The van der Waals surface area contributed by atoms with Crippen LogP contribution in [0.15, 0.2) is 27.1 Å². The van der Waals surface area contributed by atoms with E-state index >= 15 is 0 Å². The maximum atomic E-state index is 12.6. The minimum absolute atomic E-state index is 0.0710. The fourth-order valence-electron chi connectivity index (χ4n) is 2.56. The second-order valence-corrected chi connectivity index (χ2v) is 6.91. The summed E-state index contributed by atoms with van der Waals surface area (Å²) in [6, 6.07) is 5.80. The summed E-state index contributed by atoms with van der Waals surface area (Å²) in [6.45, 7) is 3.55. The molecule has 1 aliphatic heterocycles. The number of benzene rings is 1. The normalized spacial score (nSPS) is 23.5. The highest BCUT2D eigenvalue weighted by Crippen LogP contribution is 2.27. The molecule has 3 nitrogen and oxygen atoms in total. The lowest BCUT2D eigenvalue weighted by molar-refractivity contribution is 0.0572. The topological polar surface area (TPSA) is 46.3 Å². The van der Waals surface area contributed by atoms with Crippen molar-refractivity contribution in [3.63, 3.8) is 0 Å². The molecule has 1 aromatic carbocycles. The van der Waals surface area contributed by atoms with Crippen LogP contribution >= 0.6 is 31.9 Å². The van der Waals surface area contributed by atoms with E-state index in [2.05, 4.69) is 38.8 Å². The first-order chi connectivity index (χ1) is 9.02. The summed E-state index contributed by atoms with van der Waals surface area (Å²) in [5.41, 5.74) is 6.53. The Bertz CT molecular complexity index is 479. The van der Waals surface area contributed by atoms with Crippen molar-refractivity contribution in [2.45, 2.75) is 25.8 Å². The third-order valence-corrected chi connectivity index (χ3v) is 4.82. The predicted octanol–water partition coefficient (Wildman–Crippen LogP) is 3.41. The van der Waals surface area contributed by atoms with Crippen LogP contribution in [0.2, 0.25) is 0 Å². The zero-order valence-corrected chi connectivity index (χ0v) is 14.1. The first kappa shape index (κ1) is 15.0. The Morgan fingerprint density at radius 2 is 2.21 bits per heavy atom. The largest absolute Gasteiger partial charge is 0.334 e. The number of amides is 1. The second kappa shape index (κ2) is 6.37. The monoisotopic (exact) mass is 388 g/mol. The van der Waals surface area contributed by atoms with Crippen LogP contribution in [-0.4, -0.2) is 29.9 Å². The van der Waals surface area contributed by atoms with Gasteiger partial charge in [0, 0.05) is 28.1 Å². The van der Waals surface area contributed by atoms with Gasteiger partial charge in [-0.05, 0) is 52.9 Å². The van der Waals surface area contributed by atoms with Crippen LogP contribution in [-0.2, 0) is 0 Å². The van der Waals surface area contributed by atoms with Crippen LogP contribution in [0.1, 0.15) is 30.1 Å². The van der Waals surface area contributed by atoms with Crippen molar-refractivity contribution in [1.82, 2.24) is 4.90 Å². The summed E-state index contributed by atoms with van der Waals surface area (Å²) < 4.78 is 1.78. The first-order valence-corrected chi connectivity index (χ1v) is 8.07. The smallest absolute Gasteiger partial charge is 0.255 e. The number of likely N-dealkylation sites (tertiary alicyclic amines) is 1. The van der Waals surface area contributed by atoms with Gasteiger partial charge in [0.25, 0.3) is 5.91 Å². The molecule has 0 aliphatic carbocycles. The third kappa shape index (κ3) is 3.38. The standard InChI is InChI=1S/C14H18Br2N2O/c1-9-4-5-18(11(6-9)8-17)14(19)12-3-2-10(15)7-13(12)16/h2-3,7,9,11H,4-6,8,17H2,1H3.